The summed E-state index contributed by atoms with van der Waals surface area (Å²) in [7, 11) is 0. The van der Waals surface area contributed by atoms with E-state index in [1.165, 1.54) is 5.56 Å². The highest BCUT2D eigenvalue weighted by Crippen LogP contribution is 2.31. The molecule has 2 aliphatic heterocycles. The molecule has 0 bridgehead atoms. The molecule has 122 valence electrons. The number of aryl methyl sites for hydroxylation is 1. The summed E-state index contributed by atoms with van der Waals surface area (Å²) in [5.41, 5.74) is 2.98. The number of benzene rings is 1. The summed E-state index contributed by atoms with van der Waals surface area (Å²) >= 11 is 0. The Morgan fingerprint density at radius 2 is 2.04 bits per heavy atom. The van der Waals surface area contributed by atoms with Crippen LogP contribution in [0.5, 0.6) is 0 Å². The first-order valence-electron chi connectivity index (χ1n) is 8.34. The van der Waals surface area contributed by atoms with E-state index in [0.717, 1.165) is 30.8 Å². The lowest BCUT2D eigenvalue weighted by Crippen LogP contribution is -2.40. The van der Waals surface area contributed by atoms with Gasteiger partial charge in [-0.05, 0) is 36.6 Å². The monoisotopic (exact) mass is 321 g/mol. The Kier molecular flexibility index (Phi) is 3.76. The lowest BCUT2D eigenvalue weighted by molar-refractivity contribution is -0.124. The van der Waals surface area contributed by atoms with Crippen LogP contribution < -0.4 is 9.80 Å². The van der Waals surface area contributed by atoms with Crippen molar-refractivity contribution in [3.8, 4) is 0 Å². The molecule has 1 aromatic carbocycles. The fraction of sp³-hybridized carbons (Fsp3) is 0.316. The van der Waals surface area contributed by atoms with Crippen LogP contribution in [0.2, 0.25) is 0 Å². The SMILES string of the molecule is O=C1CC(C(=O)N2CCCc3ccccc32)CN1c1cccnc1. The average Bonchev–Trinajstić information content (AvgIpc) is 3.03. The molecule has 3 heterocycles. The van der Waals surface area contributed by atoms with E-state index in [1.54, 1.807) is 23.4 Å². The van der Waals surface area contributed by atoms with Crippen LogP contribution in [-0.4, -0.2) is 29.9 Å². The first-order chi connectivity index (χ1) is 11.7. The summed E-state index contributed by atoms with van der Waals surface area (Å²) in [6.45, 7) is 1.16. The van der Waals surface area contributed by atoms with E-state index in [9.17, 15) is 9.59 Å². The predicted molar refractivity (Wildman–Crippen MR) is 91.8 cm³/mol. The minimum absolute atomic E-state index is 0.00774. The Morgan fingerprint density at radius 3 is 2.88 bits per heavy atom. The number of para-hydroxylation sites is 1. The number of hydrogen-bond acceptors (Lipinski definition) is 3. The maximum absolute atomic E-state index is 13.0. The minimum atomic E-state index is -0.288. The summed E-state index contributed by atoms with van der Waals surface area (Å²) in [6, 6.07) is 11.7. The van der Waals surface area contributed by atoms with Gasteiger partial charge in [-0.2, -0.15) is 0 Å². The quantitative estimate of drug-likeness (QED) is 0.853. The Morgan fingerprint density at radius 1 is 1.17 bits per heavy atom. The van der Waals surface area contributed by atoms with E-state index in [0.29, 0.717) is 6.54 Å². The normalized spacial score (nSPS) is 20.2. The third kappa shape index (κ3) is 2.56. The molecular formula is C19H19N3O2. The zero-order chi connectivity index (χ0) is 16.5. The predicted octanol–water partition coefficient (Wildman–Crippen LogP) is 2.41. The number of carbonyl (C=O) groups is 2. The summed E-state index contributed by atoms with van der Waals surface area (Å²) in [5, 5.41) is 0. The number of aromatic nitrogens is 1. The smallest absolute Gasteiger partial charge is 0.232 e. The van der Waals surface area contributed by atoms with Gasteiger partial charge in [0.15, 0.2) is 0 Å². The van der Waals surface area contributed by atoms with Crippen molar-refractivity contribution in [2.24, 2.45) is 5.92 Å². The molecule has 0 N–H and O–H groups in total. The van der Waals surface area contributed by atoms with E-state index >= 15 is 0 Å². The van der Waals surface area contributed by atoms with Crippen LogP contribution in [0, 0.1) is 5.92 Å². The van der Waals surface area contributed by atoms with Crippen LogP contribution in [-0.2, 0) is 16.0 Å². The van der Waals surface area contributed by atoms with Gasteiger partial charge in [-0.1, -0.05) is 18.2 Å². The van der Waals surface area contributed by atoms with Crippen molar-refractivity contribution in [1.82, 2.24) is 4.98 Å². The number of rotatable bonds is 2. The van der Waals surface area contributed by atoms with Gasteiger partial charge in [0.2, 0.25) is 11.8 Å². The Labute approximate surface area is 140 Å². The molecule has 1 atom stereocenters. The lowest BCUT2D eigenvalue weighted by Gasteiger charge is -2.31. The van der Waals surface area contributed by atoms with E-state index in [-0.39, 0.29) is 24.2 Å². The minimum Gasteiger partial charge on any atom is -0.312 e. The molecule has 1 fully saturated rings. The first kappa shape index (κ1) is 14.9. The largest absolute Gasteiger partial charge is 0.312 e. The molecule has 0 aliphatic carbocycles. The van der Waals surface area contributed by atoms with Crippen molar-refractivity contribution in [1.29, 1.82) is 0 Å². The third-order valence-electron chi connectivity index (χ3n) is 4.81. The molecule has 1 aromatic heterocycles. The van der Waals surface area contributed by atoms with Gasteiger partial charge < -0.3 is 9.80 Å². The maximum atomic E-state index is 13.0. The number of carbonyl (C=O) groups excluding carboxylic acids is 2. The molecule has 0 spiro atoms. The summed E-state index contributed by atoms with van der Waals surface area (Å²) < 4.78 is 0. The van der Waals surface area contributed by atoms with Gasteiger partial charge >= 0.3 is 0 Å². The standard InChI is InChI=1S/C19H19N3O2/c23-18-11-15(13-22(18)16-7-3-9-20-12-16)19(24)21-10-4-6-14-5-1-2-8-17(14)21/h1-3,5,7-9,12,15H,4,6,10-11,13H2. The van der Waals surface area contributed by atoms with Crippen molar-refractivity contribution in [2.45, 2.75) is 19.3 Å². The second-order valence-electron chi connectivity index (χ2n) is 6.34. The molecule has 1 saturated heterocycles. The Bertz CT molecular complexity index is 775. The van der Waals surface area contributed by atoms with Crippen molar-refractivity contribution < 1.29 is 9.59 Å². The van der Waals surface area contributed by atoms with Gasteiger partial charge in [-0.15, -0.1) is 0 Å². The van der Waals surface area contributed by atoms with Crippen molar-refractivity contribution >= 4 is 23.2 Å². The number of fused-ring (bicyclic) bond motifs is 1. The fourth-order valence-corrected chi connectivity index (χ4v) is 3.62. The van der Waals surface area contributed by atoms with Crippen LogP contribution in [0.25, 0.3) is 0 Å². The lowest BCUT2D eigenvalue weighted by atomic mass is 9.99. The zero-order valence-electron chi connectivity index (χ0n) is 13.4. The molecule has 5 heteroatoms. The highest BCUT2D eigenvalue weighted by atomic mass is 16.2. The van der Waals surface area contributed by atoms with E-state index in [2.05, 4.69) is 11.1 Å². The van der Waals surface area contributed by atoms with Gasteiger partial charge in [0.25, 0.3) is 0 Å². The molecule has 5 nitrogen and oxygen atoms in total. The van der Waals surface area contributed by atoms with Crippen LogP contribution in [0.4, 0.5) is 11.4 Å². The number of amides is 2. The molecule has 2 aromatic rings. The topological polar surface area (TPSA) is 53.5 Å². The number of pyridine rings is 1. The van der Waals surface area contributed by atoms with Crippen LogP contribution >= 0.6 is 0 Å². The second-order valence-corrected chi connectivity index (χ2v) is 6.34. The summed E-state index contributed by atoms with van der Waals surface area (Å²) in [6.07, 6.45) is 5.59. The van der Waals surface area contributed by atoms with Crippen molar-refractivity contribution in [3.63, 3.8) is 0 Å². The number of anilines is 2. The van der Waals surface area contributed by atoms with E-state index in [4.69, 9.17) is 0 Å². The molecule has 2 amide bonds. The van der Waals surface area contributed by atoms with Gasteiger partial charge in [0.1, 0.15) is 0 Å². The molecule has 2 aliphatic rings. The third-order valence-corrected chi connectivity index (χ3v) is 4.81. The van der Waals surface area contributed by atoms with Gasteiger partial charge in [-0.25, -0.2) is 0 Å². The molecule has 4 rings (SSSR count). The maximum Gasteiger partial charge on any atom is 0.232 e. The van der Waals surface area contributed by atoms with Crippen molar-refractivity contribution in [2.75, 3.05) is 22.9 Å². The average molecular weight is 321 g/mol. The number of hydrogen-bond donors (Lipinski definition) is 0. The number of nitrogens with zero attached hydrogens (tertiary/aromatic N) is 3. The molecule has 1 unspecified atom stereocenters. The molecule has 24 heavy (non-hydrogen) atoms. The van der Waals surface area contributed by atoms with Gasteiger partial charge in [-0.3, -0.25) is 14.6 Å². The van der Waals surface area contributed by atoms with E-state index in [1.807, 2.05) is 29.2 Å². The Balaban J connectivity index is 1.55. The summed E-state index contributed by atoms with van der Waals surface area (Å²) in [4.78, 5) is 33.0. The van der Waals surface area contributed by atoms with Gasteiger partial charge in [0, 0.05) is 31.4 Å². The highest BCUT2D eigenvalue weighted by Gasteiger charge is 2.38. The van der Waals surface area contributed by atoms with Crippen LogP contribution in [0.3, 0.4) is 0 Å². The second kappa shape index (κ2) is 6.07. The Hall–Kier alpha value is -2.69. The van der Waals surface area contributed by atoms with Crippen molar-refractivity contribution in [3.05, 3.63) is 54.4 Å². The van der Waals surface area contributed by atoms with Crippen LogP contribution in [0.15, 0.2) is 48.8 Å². The fourth-order valence-electron chi connectivity index (χ4n) is 3.62. The van der Waals surface area contributed by atoms with Gasteiger partial charge in [0.05, 0.1) is 17.8 Å². The molecule has 0 saturated carbocycles. The van der Waals surface area contributed by atoms with E-state index < -0.39 is 0 Å². The molecule has 0 radical (unpaired) electrons. The molecular weight excluding hydrogens is 302 g/mol. The summed E-state index contributed by atoms with van der Waals surface area (Å²) in [5.74, 6) is -0.239. The zero-order valence-corrected chi connectivity index (χ0v) is 13.4. The highest BCUT2D eigenvalue weighted by molar-refractivity contribution is 6.04. The van der Waals surface area contributed by atoms with Crippen LogP contribution in [0.1, 0.15) is 18.4 Å². The first-order valence-corrected chi connectivity index (χ1v) is 8.34.